The monoisotopic (exact) mass is 334 g/mol. The Morgan fingerprint density at radius 3 is 3.00 bits per heavy atom. The van der Waals surface area contributed by atoms with E-state index in [0.29, 0.717) is 15.4 Å². The molecule has 0 bridgehead atoms. The molecule has 1 heterocycles. The molecule has 1 aliphatic heterocycles. The molecule has 1 N–H and O–H groups in total. The summed E-state index contributed by atoms with van der Waals surface area (Å²) < 4.78 is 13.8. The Hall–Kier alpha value is -0.320. The molecule has 0 amide bonds. The maximum absolute atomic E-state index is 13.1. The van der Waals surface area contributed by atoms with Crippen molar-refractivity contribution in [1.82, 2.24) is 4.90 Å². The van der Waals surface area contributed by atoms with Gasteiger partial charge in [0, 0.05) is 17.6 Å². The third kappa shape index (κ3) is 3.59. The number of likely N-dealkylation sites (tertiary alicyclic amines) is 1. The van der Waals surface area contributed by atoms with Crippen molar-refractivity contribution < 1.29 is 4.39 Å². The highest BCUT2D eigenvalue weighted by Crippen LogP contribution is 2.32. The van der Waals surface area contributed by atoms with E-state index in [1.165, 1.54) is 31.5 Å². The Labute approximate surface area is 121 Å². The molecule has 1 unspecified atom stereocenters. The molecule has 1 aliphatic rings. The van der Waals surface area contributed by atoms with Crippen LogP contribution in [0, 0.1) is 11.7 Å². The topological polar surface area (TPSA) is 15.3 Å². The van der Waals surface area contributed by atoms with E-state index in [9.17, 15) is 4.39 Å². The lowest BCUT2D eigenvalue weighted by molar-refractivity contribution is 0.217. The van der Waals surface area contributed by atoms with Crippen LogP contribution in [0.4, 0.5) is 10.1 Å². The van der Waals surface area contributed by atoms with Crippen LogP contribution in [-0.4, -0.2) is 31.6 Å². The molecule has 1 atom stereocenters. The van der Waals surface area contributed by atoms with E-state index in [2.05, 4.69) is 33.2 Å². The van der Waals surface area contributed by atoms with Gasteiger partial charge in [0.2, 0.25) is 0 Å². The Bertz CT molecular complexity index is 404. The molecule has 2 rings (SSSR count). The first-order valence-corrected chi connectivity index (χ1v) is 7.30. The number of benzene rings is 1. The Balaban J connectivity index is 1.97. The summed E-state index contributed by atoms with van der Waals surface area (Å²) in [5.41, 5.74) is 0.784. The summed E-state index contributed by atoms with van der Waals surface area (Å²) in [7, 11) is 2.15. The van der Waals surface area contributed by atoms with Crippen LogP contribution in [0.3, 0.4) is 0 Å². The van der Waals surface area contributed by atoms with Gasteiger partial charge >= 0.3 is 0 Å². The summed E-state index contributed by atoms with van der Waals surface area (Å²) in [5.74, 6) is 0.298. The zero-order chi connectivity index (χ0) is 13.1. The second-order valence-electron chi connectivity index (χ2n) is 4.90. The Kier molecular flexibility index (Phi) is 4.87. The van der Waals surface area contributed by atoms with Crippen LogP contribution in [0.15, 0.2) is 16.6 Å². The molecule has 18 heavy (non-hydrogen) atoms. The Morgan fingerprint density at radius 2 is 2.33 bits per heavy atom. The van der Waals surface area contributed by atoms with Crippen molar-refractivity contribution in [3.8, 4) is 0 Å². The SMILES string of the molecule is CN1CCCC(CNc2c(Cl)cc(F)cc2Br)C1. The summed E-state index contributed by atoms with van der Waals surface area (Å²) in [6.07, 6.45) is 2.47. The van der Waals surface area contributed by atoms with Gasteiger partial charge in [-0.2, -0.15) is 0 Å². The fourth-order valence-electron chi connectivity index (χ4n) is 2.40. The molecule has 0 radical (unpaired) electrons. The van der Waals surface area contributed by atoms with Gasteiger partial charge in [-0.1, -0.05) is 11.6 Å². The third-order valence-corrected chi connectivity index (χ3v) is 4.22. The zero-order valence-electron chi connectivity index (χ0n) is 10.3. The highest BCUT2D eigenvalue weighted by molar-refractivity contribution is 9.10. The number of halogens is 3. The van der Waals surface area contributed by atoms with Crippen molar-refractivity contribution in [1.29, 1.82) is 0 Å². The summed E-state index contributed by atoms with van der Waals surface area (Å²) in [4.78, 5) is 2.34. The molecule has 1 aromatic rings. The van der Waals surface area contributed by atoms with Crippen LogP contribution in [0.2, 0.25) is 5.02 Å². The van der Waals surface area contributed by atoms with Gasteiger partial charge in [-0.3, -0.25) is 0 Å². The lowest BCUT2D eigenvalue weighted by Gasteiger charge is -2.30. The van der Waals surface area contributed by atoms with Gasteiger partial charge in [0.1, 0.15) is 5.82 Å². The first kappa shape index (κ1) is 14.1. The molecular formula is C13H17BrClFN2. The minimum Gasteiger partial charge on any atom is -0.383 e. The third-order valence-electron chi connectivity index (χ3n) is 3.30. The van der Waals surface area contributed by atoms with E-state index >= 15 is 0 Å². The molecule has 2 nitrogen and oxygen atoms in total. The van der Waals surface area contributed by atoms with E-state index in [1.54, 1.807) is 0 Å². The number of anilines is 1. The van der Waals surface area contributed by atoms with Gasteiger partial charge in [0.25, 0.3) is 0 Å². The van der Waals surface area contributed by atoms with E-state index in [1.807, 2.05) is 0 Å². The maximum atomic E-state index is 13.1. The zero-order valence-corrected chi connectivity index (χ0v) is 12.7. The van der Waals surface area contributed by atoms with Crippen molar-refractivity contribution in [2.75, 3.05) is 32.0 Å². The van der Waals surface area contributed by atoms with Gasteiger partial charge in [-0.05, 0) is 60.4 Å². The molecule has 0 saturated carbocycles. The second kappa shape index (κ2) is 6.22. The van der Waals surface area contributed by atoms with Gasteiger partial charge in [-0.15, -0.1) is 0 Å². The molecule has 1 aromatic carbocycles. The van der Waals surface area contributed by atoms with Crippen molar-refractivity contribution >= 4 is 33.2 Å². The second-order valence-corrected chi connectivity index (χ2v) is 6.16. The fourth-order valence-corrected chi connectivity index (χ4v) is 3.36. The summed E-state index contributed by atoms with van der Waals surface area (Å²) in [6.45, 7) is 3.15. The molecule has 0 spiro atoms. The van der Waals surface area contributed by atoms with E-state index in [-0.39, 0.29) is 5.82 Å². The predicted molar refractivity (Wildman–Crippen MR) is 77.8 cm³/mol. The number of rotatable bonds is 3. The number of hydrogen-bond donors (Lipinski definition) is 1. The molecular weight excluding hydrogens is 319 g/mol. The van der Waals surface area contributed by atoms with Gasteiger partial charge in [0.05, 0.1) is 10.7 Å². The van der Waals surface area contributed by atoms with Crippen molar-refractivity contribution in [3.05, 3.63) is 27.4 Å². The van der Waals surface area contributed by atoms with Crippen LogP contribution in [0.25, 0.3) is 0 Å². The number of hydrogen-bond acceptors (Lipinski definition) is 2. The van der Waals surface area contributed by atoms with Crippen LogP contribution in [-0.2, 0) is 0 Å². The molecule has 0 aromatic heterocycles. The lowest BCUT2D eigenvalue weighted by atomic mass is 9.98. The van der Waals surface area contributed by atoms with Crippen molar-refractivity contribution in [3.63, 3.8) is 0 Å². The van der Waals surface area contributed by atoms with Crippen molar-refractivity contribution in [2.45, 2.75) is 12.8 Å². The number of nitrogens with zero attached hydrogens (tertiary/aromatic N) is 1. The standard InChI is InChI=1S/C13H17BrClFN2/c1-18-4-2-3-9(8-18)7-17-13-11(14)5-10(16)6-12(13)15/h5-6,9,17H,2-4,7-8H2,1H3. The number of piperidine rings is 1. The lowest BCUT2D eigenvalue weighted by Crippen LogP contribution is -2.35. The smallest absolute Gasteiger partial charge is 0.125 e. The first-order valence-electron chi connectivity index (χ1n) is 6.13. The average molecular weight is 336 g/mol. The molecule has 5 heteroatoms. The van der Waals surface area contributed by atoms with E-state index < -0.39 is 0 Å². The van der Waals surface area contributed by atoms with Crippen LogP contribution in [0.1, 0.15) is 12.8 Å². The minimum absolute atomic E-state index is 0.324. The van der Waals surface area contributed by atoms with E-state index in [0.717, 1.165) is 18.8 Å². The van der Waals surface area contributed by atoms with Crippen molar-refractivity contribution in [2.24, 2.45) is 5.92 Å². The summed E-state index contributed by atoms with van der Waals surface area (Å²) in [5, 5.41) is 3.75. The highest BCUT2D eigenvalue weighted by atomic mass is 79.9. The Morgan fingerprint density at radius 1 is 1.56 bits per heavy atom. The van der Waals surface area contributed by atoms with Gasteiger partial charge < -0.3 is 10.2 Å². The van der Waals surface area contributed by atoms with Crippen LogP contribution < -0.4 is 5.32 Å². The normalized spacial score (nSPS) is 21.0. The average Bonchev–Trinajstić information content (AvgIpc) is 2.27. The van der Waals surface area contributed by atoms with E-state index in [4.69, 9.17) is 11.6 Å². The van der Waals surface area contributed by atoms with Gasteiger partial charge in [-0.25, -0.2) is 4.39 Å². The van der Waals surface area contributed by atoms with Crippen LogP contribution in [0.5, 0.6) is 0 Å². The fraction of sp³-hybridized carbons (Fsp3) is 0.538. The molecule has 0 aliphatic carbocycles. The molecule has 100 valence electrons. The maximum Gasteiger partial charge on any atom is 0.125 e. The molecule has 1 saturated heterocycles. The highest BCUT2D eigenvalue weighted by Gasteiger charge is 2.17. The minimum atomic E-state index is -0.324. The summed E-state index contributed by atoms with van der Waals surface area (Å²) in [6, 6.07) is 2.77. The van der Waals surface area contributed by atoms with Gasteiger partial charge in [0.15, 0.2) is 0 Å². The van der Waals surface area contributed by atoms with Crippen LogP contribution >= 0.6 is 27.5 Å². The first-order chi connectivity index (χ1) is 8.56. The quantitative estimate of drug-likeness (QED) is 0.898. The molecule has 1 fully saturated rings. The summed E-state index contributed by atoms with van der Waals surface area (Å²) >= 11 is 9.38. The number of nitrogens with one attached hydrogen (secondary N) is 1. The largest absolute Gasteiger partial charge is 0.383 e. The predicted octanol–water partition coefficient (Wildman–Crippen LogP) is 4.00.